The highest BCUT2D eigenvalue weighted by Crippen LogP contribution is 2.44. The predicted molar refractivity (Wildman–Crippen MR) is 126 cm³/mol. The number of aromatic amines is 2. The number of rotatable bonds is 7. The van der Waals surface area contributed by atoms with E-state index in [-0.39, 0.29) is 0 Å². The molecule has 3 aromatic heterocycles. The molecular weight excluding hydrogens is 416 g/mol. The van der Waals surface area contributed by atoms with Gasteiger partial charge in [-0.1, -0.05) is 0 Å². The number of hydrogen-bond donors (Lipinski definition) is 2. The SMILES string of the molecule is c1c[nH]c(CN2CCN(c3ncc(C4CC4)c(N4CCN(Cc5ncc[nH]5)CC4)n3)CC2)n1. The van der Waals surface area contributed by atoms with Crippen molar-refractivity contribution in [2.45, 2.75) is 31.8 Å². The molecule has 2 aliphatic heterocycles. The van der Waals surface area contributed by atoms with E-state index in [9.17, 15) is 0 Å². The van der Waals surface area contributed by atoms with E-state index in [0.29, 0.717) is 5.92 Å². The molecule has 5 heterocycles. The van der Waals surface area contributed by atoms with E-state index in [1.165, 1.54) is 18.4 Å². The van der Waals surface area contributed by atoms with Gasteiger partial charge in [0, 0.05) is 88.9 Å². The van der Waals surface area contributed by atoms with Gasteiger partial charge in [0.05, 0.1) is 13.1 Å². The molecule has 0 radical (unpaired) electrons. The molecule has 33 heavy (non-hydrogen) atoms. The predicted octanol–water partition coefficient (Wildman–Crippen LogP) is 1.44. The van der Waals surface area contributed by atoms with Crippen molar-refractivity contribution in [1.82, 2.24) is 39.7 Å². The van der Waals surface area contributed by atoms with Crippen LogP contribution in [0.4, 0.5) is 11.8 Å². The Balaban J connectivity index is 1.11. The number of aromatic nitrogens is 6. The molecule has 10 heteroatoms. The number of imidazole rings is 2. The molecule has 1 aliphatic carbocycles. The number of hydrogen-bond acceptors (Lipinski definition) is 8. The van der Waals surface area contributed by atoms with Crippen LogP contribution in [0.15, 0.2) is 31.0 Å². The van der Waals surface area contributed by atoms with Crippen LogP contribution < -0.4 is 9.80 Å². The first-order chi connectivity index (χ1) is 16.3. The van der Waals surface area contributed by atoms with Crippen molar-refractivity contribution >= 4 is 11.8 Å². The van der Waals surface area contributed by atoms with E-state index in [4.69, 9.17) is 9.97 Å². The first kappa shape index (κ1) is 20.6. The van der Waals surface area contributed by atoms with Crippen LogP contribution in [-0.4, -0.2) is 92.1 Å². The number of nitrogens with zero attached hydrogens (tertiary/aromatic N) is 8. The summed E-state index contributed by atoms with van der Waals surface area (Å²) in [5.41, 5.74) is 1.34. The Kier molecular flexibility index (Phi) is 5.69. The molecule has 0 bridgehead atoms. The lowest BCUT2D eigenvalue weighted by molar-refractivity contribution is 0.242. The molecule has 2 saturated heterocycles. The summed E-state index contributed by atoms with van der Waals surface area (Å²) >= 11 is 0. The lowest BCUT2D eigenvalue weighted by atomic mass is 10.1. The summed E-state index contributed by atoms with van der Waals surface area (Å²) in [6.07, 6.45) is 12.1. The monoisotopic (exact) mass is 448 g/mol. The fourth-order valence-electron chi connectivity index (χ4n) is 4.88. The third-order valence-corrected chi connectivity index (χ3v) is 6.98. The maximum atomic E-state index is 5.15. The first-order valence-corrected chi connectivity index (χ1v) is 12.1. The van der Waals surface area contributed by atoms with E-state index in [2.05, 4.69) is 45.7 Å². The molecule has 6 rings (SSSR count). The number of piperazine rings is 2. The summed E-state index contributed by atoms with van der Waals surface area (Å²) < 4.78 is 0. The average Bonchev–Trinajstić information content (AvgIpc) is 3.32. The molecule has 10 nitrogen and oxygen atoms in total. The Morgan fingerprint density at radius 1 is 0.727 bits per heavy atom. The summed E-state index contributed by atoms with van der Waals surface area (Å²) in [5, 5.41) is 0. The smallest absolute Gasteiger partial charge is 0.227 e. The van der Waals surface area contributed by atoms with Gasteiger partial charge >= 0.3 is 0 Å². The molecule has 3 aromatic rings. The molecule has 0 unspecified atom stereocenters. The van der Waals surface area contributed by atoms with E-state index in [1.54, 1.807) is 0 Å². The standard InChI is InChI=1S/C23H32N10/c1-2-18(1)19-15-28-23(33-13-9-31(10-14-33)17-21-26-5-6-27-21)29-22(19)32-11-7-30(8-12-32)16-20-24-3-4-25-20/h3-6,15,18H,1-2,7-14,16-17H2,(H,24,25)(H,26,27). The zero-order valence-electron chi connectivity index (χ0n) is 19.0. The van der Waals surface area contributed by atoms with E-state index in [0.717, 1.165) is 88.9 Å². The topological polar surface area (TPSA) is 96.1 Å². The van der Waals surface area contributed by atoms with Gasteiger partial charge in [0.2, 0.25) is 5.95 Å². The zero-order valence-corrected chi connectivity index (χ0v) is 19.0. The van der Waals surface area contributed by atoms with Crippen molar-refractivity contribution in [2.75, 3.05) is 62.2 Å². The molecule has 174 valence electrons. The lowest BCUT2D eigenvalue weighted by Gasteiger charge is -2.37. The van der Waals surface area contributed by atoms with Crippen molar-refractivity contribution in [3.05, 3.63) is 48.2 Å². The summed E-state index contributed by atoms with van der Waals surface area (Å²) in [5.74, 6) is 4.75. The van der Waals surface area contributed by atoms with Gasteiger partial charge in [-0.25, -0.2) is 15.0 Å². The van der Waals surface area contributed by atoms with Gasteiger partial charge in [-0.15, -0.1) is 0 Å². The molecule has 1 saturated carbocycles. The molecule has 0 aromatic carbocycles. The maximum absolute atomic E-state index is 5.15. The molecule has 0 amide bonds. The van der Waals surface area contributed by atoms with Crippen LogP contribution >= 0.6 is 0 Å². The molecule has 0 spiro atoms. The highest BCUT2D eigenvalue weighted by atomic mass is 15.4. The quantitative estimate of drug-likeness (QED) is 0.561. The molecule has 3 aliphatic rings. The van der Waals surface area contributed by atoms with Crippen LogP contribution in [0.2, 0.25) is 0 Å². The maximum Gasteiger partial charge on any atom is 0.227 e. The molecular formula is C23H32N10. The second-order valence-electron chi connectivity index (χ2n) is 9.32. The second-order valence-corrected chi connectivity index (χ2v) is 9.32. The minimum absolute atomic E-state index is 0.639. The Bertz CT molecular complexity index is 1010. The highest BCUT2D eigenvalue weighted by molar-refractivity contribution is 5.53. The van der Waals surface area contributed by atoms with Crippen LogP contribution in [-0.2, 0) is 13.1 Å². The van der Waals surface area contributed by atoms with Crippen molar-refractivity contribution in [2.24, 2.45) is 0 Å². The molecule has 2 N–H and O–H groups in total. The van der Waals surface area contributed by atoms with Gasteiger partial charge in [0.1, 0.15) is 17.5 Å². The summed E-state index contributed by atoms with van der Waals surface area (Å²) in [6, 6.07) is 0. The Labute approximate surface area is 194 Å². The van der Waals surface area contributed by atoms with Crippen LogP contribution in [0.3, 0.4) is 0 Å². The van der Waals surface area contributed by atoms with Crippen molar-refractivity contribution in [3.8, 4) is 0 Å². The van der Waals surface area contributed by atoms with Crippen LogP contribution in [0, 0.1) is 0 Å². The van der Waals surface area contributed by atoms with Crippen LogP contribution in [0.1, 0.15) is 36.0 Å². The third-order valence-electron chi connectivity index (χ3n) is 6.98. The number of nitrogens with one attached hydrogen (secondary N) is 2. The Morgan fingerprint density at radius 3 is 1.82 bits per heavy atom. The minimum atomic E-state index is 0.639. The molecule has 0 atom stereocenters. The van der Waals surface area contributed by atoms with Gasteiger partial charge in [0.15, 0.2) is 0 Å². The van der Waals surface area contributed by atoms with Crippen molar-refractivity contribution < 1.29 is 0 Å². The summed E-state index contributed by atoms with van der Waals surface area (Å²) in [6.45, 7) is 9.67. The van der Waals surface area contributed by atoms with Gasteiger partial charge < -0.3 is 19.8 Å². The lowest BCUT2D eigenvalue weighted by Crippen LogP contribution is -2.48. The normalized spacial score (nSPS) is 20.5. The van der Waals surface area contributed by atoms with Crippen LogP contribution in [0.25, 0.3) is 0 Å². The molecule has 3 fully saturated rings. The number of H-pyrrole nitrogens is 2. The summed E-state index contributed by atoms with van der Waals surface area (Å²) in [4.78, 5) is 34.8. The Morgan fingerprint density at radius 2 is 1.30 bits per heavy atom. The highest BCUT2D eigenvalue weighted by Gasteiger charge is 2.31. The Hall–Kier alpha value is -2.98. The van der Waals surface area contributed by atoms with Gasteiger partial charge in [-0.05, 0) is 18.8 Å². The number of anilines is 2. The largest absolute Gasteiger partial charge is 0.354 e. The van der Waals surface area contributed by atoms with Gasteiger partial charge in [-0.2, -0.15) is 4.98 Å². The summed E-state index contributed by atoms with van der Waals surface area (Å²) in [7, 11) is 0. The van der Waals surface area contributed by atoms with Gasteiger partial charge in [0.25, 0.3) is 0 Å². The second kappa shape index (κ2) is 9.11. The van der Waals surface area contributed by atoms with E-state index < -0.39 is 0 Å². The average molecular weight is 449 g/mol. The third kappa shape index (κ3) is 4.72. The van der Waals surface area contributed by atoms with E-state index in [1.807, 2.05) is 24.8 Å². The van der Waals surface area contributed by atoms with Crippen molar-refractivity contribution in [3.63, 3.8) is 0 Å². The van der Waals surface area contributed by atoms with E-state index >= 15 is 0 Å². The van der Waals surface area contributed by atoms with Gasteiger partial charge in [-0.3, -0.25) is 9.80 Å². The fourth-order valence-corrected chi connectivity index (χ4v) is 4.88. The fraction of sp³-hybridized carbons (Fsp3) is 0.565. The first-order valence-electron chi connectivity index (χ1n) is 12.1. The van der Waals surface area contributed by atoms with Crippen LogP contribution in [0.5, 0.6) is 0 Å². The van der Waals surface area contributed by atoms with Crippen molar-refractivity contribution in [1.29, 1.82) is 0 Å². The zero-order chi connectivity index (χ0) is 22.0. The minimum Gasteiger partial charge on any atom is -0.354 e.